The highest BCUT2D eigenvalue weighted by atomic mass is 32.2. The molecule has 3 rings (SSSR count). The van der Waals surface area contributed by atoms with Gasteiger partial charge in [0.2, 0.25) is 10.0 Å². The minimum atomic E-state index is -3.15. The number of fused-ring (bicyclic) bond motifs is 1. The van der Waals surface area contributed by atoms with Gasteiger partial charge in [-0.05, 0) is 12.0 Å². The average Bonchev–Trinajstić information content (AvgIpc) is 2.75. The zero-order valence-electron chi connectivity index (χ0n) is 11.4. The number of rotatable bonds is 4. The third-order valence-corrected chi connectivity index (χ3v) is 4.24. The van der Waals surface area contributed by atoms with E-state index in [0.29, 0.717) is 13.1 Å². The molecule has 0 amide bonds. The molecule has 0 aromatic carbocycles. The number of nitrogens with one attached hydrogen (secondary N) is 2. The monoisotopic (exact) mass is 295 g/mol. The van der Waals surface area contributed by atoms with Crippen LogP contribution in [0.15, 0.2) is 12.5 Å². The number of anilines is 1. The summed E-state index contributed by atoms with van der Waals surface area (Å²) >= 11 is 0. The molecule has 1 aliphatic rings. The van der Waals surface area contributed by atoms with E-state index in [1.165, 1.54) is 18.1 Å². The van der Waals surface area contributed by atoms with Crippen molar-refractivity contribution in [1.29, 1.82) is 0 Å². The van der Waals surface area contributed by atoms with Gasteiger partial charge in [0, 0.05) is 19.3 Å². The molecule has 0 saturated carbocycles. The largest absolute Gasteiger partial charge is 0.353 e. The lowest BCUT2D eigenvalue weighted by molar-refractivity contribution is 0.469. The summed E-state index contributed by atoms with van der Waals surface area (Å²) in [5, 5.41) is 1.04. The van der Waals surface area contributed by atoms with Gasteiger partial charge in [0.15, 0.2) is 0 Å². The number of hydrogen-bond donors (Lipinski definition) is 2. The predicted octanol–water partition coefficient (Wildman–Crippen LogP) is 0.258. The molecule has 2 N–H and O–H groups in total. The van der Waals surface area contributed by atoms with Gasteiger partial charge in [-0.25, -0.2) is 23.1 Å². The molecule has 0 aliphatic carbocycles. The first-order chi connectivity index (χ1) is 9.48. The first kappa shape index (κ1) is 13.3. The highest BCUT2D eigenvalue weighted by Crippen LogP contribution is 2.29. The van der Waals surface area contributed by atoms with Crippen LogP contribution in [-0.2, 0) is 16.4 Å². The number of aromatic amines is 1. The van der Waals surface area contributed by atoms with E-state index in [-0.39, 0.29) is 6.04 Å². The van der Waals surface area contributed by atoms with Gasteiger partial charge in [-0.2, -0.15) is 0 Å². The zero-order chi connectivity index (χ0) is 14.3. The van der Waals surface area contributed by atoms with Crippen LogP contribution in [0.3, 0.4) is 0 Å². The Hall–Kier alpha value is -1.67. The molecule has 8 heteroatoms. The van der Waals surface area contributed by atoms with E-state index in [1.54, 1.807) is 0 Å². The van der Waals surface area contributed by atoms with E-state index in [2.05, 4.69) is 31.5 Å². The van der Waals surface area contributed by atoms with Crippen LogP contribution in [-0.4, -0.2) is 48.8 Å². The topological polar surface area (TPSA) is 91.0 Å². The second kappa shape index (κ2) is 4.71. The molecule has 20 heavy (non-hydrogen) atoms. The summed E-state index contributed by atoms with van der Waals surface area (Å²) < 4.78 is 25.0. The fourth-order valence-corrected chi connectivity index (χ4v) is 3.31. The van der Waals surface area contributed by atoms with Gasteiger partial charge in [0.05, 0.1) is 17.7 Å². The summed E-state index contributed by atoms with van der Waals surface area (Å²) in [5.74, 6) is 0.875. The fraction of sp³-hybridized carbons (Fsp3) is 0.500. The molecular formula is C12H17N5O2S. The normalized spacial score (nSPS) is 16.6. The Kier molecular flexibility index (Phi) is 3.14. The van der Waals surface area contributed by atoms with Crippen molar-refractivity contribution in [3.63, 3.8) is 0 Å². The Bertz CT molecular complexity index is 733. The van der Waals surface area contributed by atoms with Crippen molar-refractivity contribution in [2.75, 3.05) is 24.2 Å². The number of H-pyrrole nitrogens is 1. The van der Waals surface area contributed by atoms with Gasteiger partial charge in [0.1, 0.15) is 17.8 Å². The van der Waals surface area contributed by atoms with Crippen LogP contribution in [0.25, 0.3) is 11.0 Å². The first-order valence-electron chi connectivity index (χ1n) is 6.51. The van der Waals surface area contributed by atoms with Crippen LogP contribution in [0.4, 0.5) is 5.82 Å². The van der Waals surface area contributed by atoms with Crippen molar-refractivity contribution in [2.45, 2.75) is 19.4 Å². The molecule has 0 bridgehead atoms. The van der Waals surface area contributed by atoms with Crippen LogP contribution in [0.2, 0.25) is 0 Å². The van der Waals surface area contributed by atoms with E-state index in [1.807, 2.05) is 6.20 Å². The van der Waals surface area contributed by atoms with Crippen molar-refractivity contribution in [3.8, 4) is 0 Å². The van der Waals surface area contributed by atoms with Gasteiger partial charge >= 0.3 is 0 Å². The van der Waals surface area contributed by atoms with Crippen LogP contribution in [0, 0.1) is 0 Å². The highest BCUT2D eigenvalue weighted by Gasteiger charge is 2.31. The third-order valence-electron chi connectivity index (χ3n) is 3.47. The maximum Gasteiger partial charge on any atom is 0.209 e. The highest BCUT2D eigenvalue weighted by molar-refractivity contribution is 7.88. The molecule has 1 aliphatic heterocycles. The molecular weight excluding hydrogens is 278 g/mol. The molecule has 3 heterocycles. The number of aryl methyl sites for hydroxylation is 1. The molecule has 0 spiro atoms. The summed E-state index contributed by atoms with van der Waals surface area (Å²) in [6, 6.07) is -0.0426. The Morgan fingerprint density at radius 3 is 2.85 bits per heavy atom. The minimum Gasteiger partial charge on any atom is -0.353 e. The fourth-order valence-electron chi connectivity index (χ4n) is 2.56. The Morgan fingerprint density at radius 1 is 1.45 bits per heavy atom. The molecule has 2 aromatic rings. The lowest BCUT2D eigenvalue weighted by Gasteiger charge is -2.40. The molecule has 1 saturated heterocycles. The van der Waals surface area contributed by atoms with Crippen molar-refractivity contribution < 1.29 is 8.42 Å². The van der Waals surface area contributed by atoms with Gasteiger partial charge < -0.3 is 9.88 Å². The number of nitrogens with zero attached hydrogens (tertiary/aromatic N) is 3. The molecule has 0 unspecified atom stereocenters. The molecule has 1 fully saturated rings. The third kappa shape index (κ3) is 2.36. The van der Waals surface area contributed by atoms with E-state index in [0.717, 1.165) is 23.3 Å². The van der Waals surface area contributed by atoms with Gasteiger partial charge in [0.25, 0.3) is 0 Å². The van der Waals surface area contributed by atoms with Crippen LogP contribution >= 0.6 is 0 Å². The minimum absolute atomic E-state index is 0.0426. The van der Waals surface area contributed by atoms with E-state index >= 15 is 0 Å². The smallest absolute Gasteiger partial charge is 0.209 e. The van der Waals surface area contributed by atoms with E-state index in [9.17, 15) is 8.42 Å². The Labute approximate surface area is 117 Å². The zero-order valence-corrected chi connectivity index (χ0v) is 12.2. The molecule has 108 valence electrons. The van der Waals surface area contributed by atoms with Gasteiger partial charge in [-0.3, -0.25) is 0 Å². The molecule has 0 atom stereocenters. The lowest BCUT2D eigenvalue weighted by atomic mass is 10.1. The van der Waals surface area contributed by atoms with Crippen LogP contribution in [0.5, 0.6) is 0 Å². The summed E-state index contributed by atoms with van der Waals surface area (Å²) in [7, 11) is -3.15. The number of aromatic nitrogens is 3. The lowest BCUT2D eigenvalue weighted by Crippen LogP contribution is -2.59. The summed E-state index contributed by atoms with van der Waals surface area (Å²) in [6.07, 6.45) is 5.57. The Balaban J connectivity index is 1.84. The number of hydrogen-bond acceptors (Lipinski definition) is 5. The standard InChI is InChI=1S/C12H17N5O2S/c1-3-8-4-13-11-10(8)12(15-7-14-11)17-5-9(6-17)16-20(2,18)19/h4,7,9,16H,3,5-6H2,1-2H3,(H,13,14,15). The molecule has 2 aromatic heterocycles. The summed E-state index contributed by atoms with van der Waals surface area (Å²) in [6.45, 7) is 3.35. The maximum atomic E-state index is 11.2. The average molecular weight is 295 g/mol. The maximum absolute atomic E-state index is 11.2. The van der Waals surface area contributed by atoms with Crippen molar-refractivity contribution in [3.05, 3.63) is 18.1 Å². The quantitative estimate of drug-likeness (QED) is 0.844. The second-order valence-electron chi connectivity index (χ2n) is 5.08. The van der Waals surface area contributed by atoms with E-state index in [4.69, 9.17) is 0 Å². The molecule has 0 radical (unpaired) electrons. The Morgan fingerprint density at radius 2 is 2.20 bits per heavy atom. The van der Waals surface area contributed by atoms with Gasteiger partial charge in [-0.1, -0.05) is 6.92 Å². The molecule has 7 nitrogen and oxygen atoms in total. The summed E-state index contributed by atoms with van der Waals surface area (Å²) in [5.41, 5.74) is 2.00. The predicted molar refractivity (Wildman–Crippen MR) is 77.2 cm³/mol. The van der Waals surface area contributed by atoms with Gasteiger partial charge in [-0.15, -0.1) is 0 Å². The number of sulfonamides is 1. The van der Waals surface area contributed by atoms with E-state index < -0.39 is 10.0 Å². The van der Waals surface area contributed by atoms with Crippen LogP contribution < -0.4 is 9.62 Å². The van der Waals surface area contributed by atoms with Crippen molar-refractivity contribution in [2.24, 2.45) is 0 Å². The summed E-state index contributed by atoms with van der Waals surface area (Å²) in [4.78, 5) is 13.8. The van der Waals surface area contributed by atoms with Crippen molar-refractivity contribution >= 4 is 26.9 Å². The van der Waals surface area contributed by atoms with Crippen molar-refractivity contribution in [1.82, 2.24) is 19.7 Å². The SMILES string of the molecule is CCc1c[nH]c2ncnc(N3CC(NS(C)(=O)=O)C3)c12. The second-order valence-corrected chi connectivity index (χ2v) is 6.86. The first-order valence-corrected chi connectivity index (χ1v) is 8.40. The van der Waals surface area contributed by atoms with Crippen LogP contribution in [0.1, 0.15) is 12.5 Å².